The molecule has 0 aliphatic carbocycles. The number of nitrogens with zero attached hydrogens (tertiary/aromatic N) is 1. The first kappa shape index (κ1) is 16.5. The number of ether oxygens (including phenoxy) is 1. The molecule has 1 saturated heterocycles. The molecule has 1 heterocycles. The fourth-order valence-corrected chi connectivity index (χ4v) is 3.85. The van der Waals surface area contributed by atoms with E-state index in [4.69, 9.17) is 16.3 Å². The minimum absolute atomic E-state index is 0.248. The van der Waals surface area contributed by atoms with Crippen LogP contribution in [0.4, 0.5) is 0 Å². The first-order chi connectivity index (χ1) is 9.95. The first-order valence-corrected chi connectivity index (χ1v) is 9.00. The van der Waals surface area contributed by atoms with Gasteiger partial charge in [-0.2, -0.15) is 4.31 Å². The number of hydrogen-bond acceptors (Lipinski definition) is 3. The summed E-state index contributed by atoms with van der Waals surface area (Å²) < 4.78 is 32.3. The van der Waals surface area contributed by atoms with Crippen LogP contribution in [0.5, 0.6) is 5.75 Å². The predicted molar refractivity (Wildman–Crippen MR) is 82.6 cm³/mol. The minimum atomic E-state index is -3.47. The van der Waals surface area contributed by atoms with Crippen LogP contribution in [-0.4, -0.2) is 52.6 Å². The van der Waals surface area contributed by atoms with Crippen LogP contribution < -0.4 is 9.64 Å². The Morgan fingerprint density at radius 2 is 2.00 bits per heavy atom. The van der Waals surface area contributed by atoms with Crippen LogP contribution in [-0.2, 0) is 10.0 Å². The summed E-state index contributed by atoms with van der Waals surface area (Å²) in [5, 5.41) is 0.435. The van der Waals surface area contributed by atoms with Crippen molar-refractivity contribution in [2.45, 2.75) is 18.2 Å². The Kier molecular flexibility index (Phi) is 5.48. The van der Waals surface area contributed by atoms with E-state index in [2.05, 4.69) is 7.05 Å². The summed E-state index contributed by atoms with van der Waals surface area (Å²) in [6, 6.07) is 4.65. The van der Waals surface area contributed by atoms with Crippen molar-refractivity contribution in [1.82, 2.24) is 4.31 Å². The average molecular weight is 334 g/mol. The van der Waals surface area contributed by atoms with Crippen molar-refractivity contribution in [2.24, 2.45) is 0 Å². The number of halogens is 1. The second kappa shape index (κ2) is 6.96. The Labute approximate surface area is 131 Å². The summed E-state index contributed by atoms with van der Waals surface area (Å²) in [6.07, 6.45) is 0.842. The molecule has 0 radical (unpaired) electrons. The number of rotatable bonds is 5. The van der Waals surface area contributed by atoms with Gasteiger partial charge in [0.05, 0.1) is 49.8 Å². The maximum atomic E-state index is 12.6. The van der Waals surface area contributed by atoms with Gasteiger partial charge in [0.1, 0.15) is 5.75 Å². The van der Waals surface area contributed by atoms with Gasteiger partial charge in [-0.1, -0.05) is 18.5 Å². The maximum absolute atomic E-state index is 12.6. The van der Waals surface area contributed by atoms with Gasteiger partial charge in [-0.25, -0.2) is 8.42 Å². The van der Waals surface area contributed by atoms with Crippen molar-refractivity contribution in [1.29, 1.82) is 0 Å². The van der Waals surface area contributed by atoms with Gasteiger partial charge in [-0.15, -0.1) is 0 Å². The van der Waals surface area contributed by atoms with Gasteiger partial charge < -0.3 is 9.64 Å². The smallest absolute Gasteiger partial charge is 0.243 e. The third-order valence-electron chi connectivity index (χ3n) is 3.58. The van der Waals surface area contributed by atoms with Gasteiger partial charge in [0.2, 0.25) is 10.0 Å². The molecule has 1 aliphatic heterocycles. The molecule has 0 unspecified atom stereocenters. The van der Waals surface area contributed by atoms with Gasteiger partial charge in [-0.05, 0) is 18.6 Å². The molecule has 2 rings (SSSR count). The van der Waals surface area contributed by atoms with Crippen LogP contribution in [0.25, 0.3) is 0 Å². The van der Waals surface area contributed by atoms with Crippen molar-refractivity contribution in [3.05, 3.63) is 23.2 Å². The second-order valence-corrected chi connectivity index (χ2v) is 7.65. The Balaban J connectivity index is 2.23. The van der Waals surface area contributed by atoms with Crippen molar-refractivity contribution < 1.29 is 18.1 Å². The van der Waals surface area contributed by atoms with Crippen LogP contribution in [0.2, 0.25) is 5.02 Å². The molecule has 1 aliphatic rings. The Morgan fingerprint density at radius 1 is 1.33 bits per heavy atom. The van der Waals surface area contributed by atoms with E-state index in [-0.39, 0.29) is 4.90 Å². The molecule has 1 fully saturated rings. The molecule has 1 N–H and O–H groups in total. The molecule has 0 bridgehead atoms. The zero-order valence-corrected chi connectivity index (χ0v) is 14.0. The summed E-state index contributed by atoms with van der Waals surface area (Å²) in [4.78, 5) is 1.60. The van der Waals surface area contributed by atoms with Crippen LogP contribution in [0.1, 0.15) is 13.3 Å². The fraction of sp³-hybridized carbons (Fsp3) is 0.571. The number of quaternary nitrogens is 1. The largest absolute Gasteiger partial charge is 0.492 e. The van der Waals surface area contributed by atoms with Crippen molar-refractivity contribution in [2.75, 3.05) is 39.8 Å². The van der Waals surface area contributed by atoms with Crippen molar-refractivity contribution in [3.8, 4) is 5.75 Å². The number of hydrogen-bond donors (Lipinski definition) is 1. The Morgan fingerprint density at radius 3 is 2.62 bits per heavy atom. The summed E-state index contributed by atoms with van der Waals surface area (Å²) in [5.41, 5.74) is 0. The molecule has 1 aromatic rings. The summed E-state index contributed by atoms with van der Waals surface area (Å²) in [7, 11) is -1.40. The van der Waals surface area contributed by atoms with Gasteiger partial charge >= 0.3 is 0 Å². The molecule has 1 aromatic carbocycles. The minimum Gasteiger partial charge on any atom is -0.492 e. The highest BCUT2D eigenvalue weighted by Gasteiger charge is 2.29. The average Bonchev–Trinajstić information content (AvgIpc) is 2.46. The summed E-state index contributed by atoms with van der Waals surface area (Å²) in [6.45, 7) is 5.24. The van der Waals surface area contributed by atoms with E-state index < -0.39 is 10.0 Å². The molecule has 118 valence electrons. The van der Waals surface area contributed by atoms with Crippen LogP contribution in [0.3, 0.4) is 0 Å². The van der Waals surface area contributed by atoms with Crippen LogP contribution >= 0.6 is 11.6 Å². The molecular weight excluding hydrogens is 312 g/mol. The quantitative estimate of drug-likeness (QED) is 0.860. The van der Waals surface area contributed by atoms with Crippen molar-refractivity contribution >= 4 is 21.6 Å². The van der Waals surface area contributed by atoms with Gasteiger partial charge in [0, 0.05) is 6.07 Å². The molecule has 7 heteroatoms. The maximum Gasteiger partial charge on any atom is 0.243 e. The fourth-order valence-electron chi connectivity index (χ4n) is 2.22. The van der Waals surface area contributed by atoms with E-state index >= 15 is 0 Å². The third kappa shape index (κ3) is 3.88. The molecule has 0 atom stereocenters. The monoisotopic (exact) mass is 333 g/mol. The molecular formula is C14H22ClN2O3S+. The number of nitrogens with one attached hydrogen (secondary N) is 1. The van der Waals surface area contributed by atoms with E-state index in [0.29, 0.717) is 30.5 Å². The highest BCUT2D eigenvalue weighted by molar-refractivity contribution is 7.89. The van der Waals surface area contributed by atoms with E-state index in [9.17, 15) is 8.42 Å². The molecule has 0 saturated carbocycles. The van der Waals surface area contributed by atoms with E-state index in [0.717, 1.165) is 19.5 Å². The summed E-state index contributed by atoms with van der Waals surface area (Å²) in [5.74, 6) is 0.430. The highest BCUT2D eigenvalue weighted by Crippen LogP contribution is 2.29. The lowest BCUT2D eigenvalue weighted by molar-refractivity contribution is -0.883. The second-order valence-electron chi connectivity index (χ2n) is 5.30. The van der Waals surface area contributed by atoms with E-state index in [1.807, 2.05) is 6.92 Å². The number of piperazine rings is 1. The molecule has 21 heavy (non-hydrogen) atoms. The molecule has 0 amide bonds. The van der Waals surface area contributed by atoms with Gasteiger partial charge in [-0.3, -0.25) is 0 Å². The SMILES string of the molecule is CCCOc1cc(S(=O)(=O)N2CC[NH+](C)CC2)ccc1Cl. The Bertz CT molecular complexity index is 584. The zero-order chi connectivity index (χ0) is 15.5. The molecule has 5 nitrogen and oxygen atoms in total. The van der Waals surface area contributed by atoms with Gasteiger partial charge in [0.25, 0.3) is 0 Å². The van der Waals surface area contributed by atoms with E-state index in [1.165, 1.54) is 15.3 Å². The topological polar surface area (TPSA) is 51.1 Å². The standard InChI is InChI=1S/C14H21ClN2O3S/c1-3-10-20-14-11-12(4-5-13(14)15)21(18,19)17-8-6-16(2)7-9-17/h4-5,11H,3,6-10H2,1-2H3/p+1. The number of sulfonamides is 1. The molecule has 0 spiro atoms. The predicted octanol–water partition coefficient (Wildman–Crippen LogP) is 0.648. The normalized spacial score (nSPS) is 17.9. The Hall–Kier alpha value is -0.820. The lowest BCUT2D eigenvalue weighted by Gasteiger charge is -2.29. The first-order valence-electron chi connectivity index (χ1n) is 7.19. The zero-order valence-electron chi connectivity index (χ0n) is 12.4. The highest BCUT2D eigenvalue weighted by atomic mass is 35.5. The van der Waals surface area contributed by atoms with E-state index in [1.54, 1.807) is 12.1 Å². The van der Waals surface area contributed by atoms with Crippen LogP contribution in [0, 0.1) is 0 Å². The number of benzene rings is 1. The lowest BCUT2D eigenvalue weighted by Crippen LogP contribution is -3.12. The summed E-state index contributed by atoms with van der Waals surface area (Å²) >= 11 is 6.05. The molecule has 0 aromatic heterocycles. The lowest BCUT2D eigenvalue weighted by atomic mass is 10.3. The van der Waals surface area contributed by atoms with Crippen LogP contribution in [0.15, 0.2) is 23.1 Å². The van der Waals surface area contributed by atoms with Gasteiger partial charge in [0.15, 0.2) is 0 Å². The van der Waals surface area contributed by atoms with Crippen molar-refractivity contribution in [3.63, 3.8) is 0 Å². The third-order valence-corrected chi connectivity index (χ3v) is 5.78. The number of likely N-dealkylation sites (N-methyl/N-ethyl adjacent to an activating group) is 1.